The maximum absolute atomic E-state index is 12.8. The Morgan fingerprint density at radius 1 is 1.37 bits per heavy atom. The van der Waals surface area contributed by atoms with Crippen molar-refractivity contribution in [2.75, 3.05) is 11.9 Å². The lowest BCUT2D eigenvalue weighted by molar-refractivity contribution is -0.115. The van der Waals surface area contributed by atoms with Crippen LogP contribution in [0.5, 0.6) is 5.75 Å². The number of aromatic amines is 1. The molecule has 0 bridgehead atoms. The molecule has 8 nitrogen and oxygen atoms in total. The van der Waals surface area contributed by atoms with Crippen LogP contribution in [0.25, 0.3) is 11.2 Å². The van der Waals surface area contributed by atoms with Gasteiger partial charge in [-0.05, 0) is 25.5 Å². The summed E-state index contributed by atoms with van der Waals surface area (Å²) in [6.07, 6.45) is 1.94. The maximum Gasteiger partial charge on any atom is 0.278 e. The summed E-state index contributed by atoms with van der Waals surface area (Å²) in [6.45, 7) is 4.34. The van der Waals surface area contributed by atoms with Gasteiger partial charge < -0.3 is 19.6 Å². The van der Waals surface area contributed by atoms with Crippen LogP contribution in [0.3, 0.4) is 0 Å². The fraction of sp³-hybridized carbons (Fsp3) is 0.333. The lowest BCUT2D eigenvalue weighted by atomic mass is 10.2. The normalized spacial score (nSPS) is 12.1. The highest BCUT2D eigenvalue weighted by Crippen LogP contribution is 2.29. The molecule has 9 heteroatoms. The smallest absolute Gasteiger partial charge is 0.278 e. The van der Waals surface area contributed by atoms with E-state index in [1.165, 1.54) is 18.1 Å². The summed E-state index contributed by atoms with van der Waals surface area (Å²) >= 11 is 1.30. The molecule has 27 heavy (non-hydrogen) atoms. The van der Waals surface area contributed by atoms with Gasteiger partial charge in [-0.2, -0.15) is 0 Å². The SMILES string of the molecule is CCOc1ccccc1NC(=O)[C@@H](CC)Sc1nc2c(=O)[nH]cnc2n1C. The number of ether oxygens (including phenoxy) is 1. The van der Waals surface area contributed by atoms with Crippen LogP contribution in [0.15, 0.2) is 40.5 Å². The lowest BCUT2D eigenvalue weighted by Crippen LogP contribution is -2.25. The van der Waals surface area contributed by atoms with Crippen molar-refractivity contribution >= 4 is 34.5 Å². The van der Waals surface area contributed by atoms with Crippen molar-refractivity contribution < 1.29 is 9.53 Å². The van der Waals surface area contributed by atoms with E-state index in [0.717, 1.165) is 0 Å². The number of H-pyrrole nitrogens is 1. The standard InChI is InChI=1S/C18H21N5O3S/c1-4-13(16(24)21-11-8-6-7-9-12(11)26-5-2)27-18-22-14-15(23(18)3)19-10-20-17(14)25/h6-10,13H,4-5H2,1-3H3,(H,21,24)(H,19,20,25)/t13-/m1/s1. The monoisotopic (exact) mass is 387 g/mol. The highest BCUT2D eigenvalue weighted by molar-refractivity contribution is 8.00. The summed E-state index contributed by atoms with van der Waals surface area (Å²) in [7, 11) is 1.78. The second kappa shape index (κ2) is 8.26. The Balaban J connectivity index is 1.82. The number of rotatable bonds is 7. The molecule has 0 saturated carbocycles. The number of aromatic nitrogens is 4. The summed E-state index contributed by atoms with van der Waals surface area (Å²) < 4.78 is 7.28. The molecular weight excluding hydrogens is 366 g/mol. The largest absolute Gasteiger partial charge is 0.492 e. The summed E-state index contributed by atoms with van der Waals surface area (Å²) in [5.41, 5.74) is 1.08. The maximum atomic E-state index is 12.8. The van der Waals surface area contributed by atoms with Gasteiger partial charge in [0.1, 0.15) is 5.75 Å². The van der Waals surface area contributed by atoms with Gasteiger partial charge in [0.05, 0.1) is 23.9 Å². The van der Waals surface area contributed by atoms with E-state index in [-0.39, 0.29) is 22.2 Å². The summed E-state index contributed by atoms with van der Waals surface area (Å²) in [4.78, 5) is 35.7. The number of amides is 1. The van der Waals surface area contributed by atoms with E-state index in [4.69, 9.17) is 4.74 Å². The zero-order valence-electron chi connectivity index (χ0n) is 15.4. The molecule has 2 heterocycles. The Morgan fingerprint density at radius 3 is 2.85 bits per heavy atom. The van der Waals surface area contributed by atoms with Crippen LogP contribution < -0.4 is 15.6 Å². The number of nitrogens with one attached hydrogen (secondary N) is 2. The molecule has 142 valence electrons. The van der Waals surface area contributed by atoms with Gasteiger partial charge in [-0.1, -0.05) is 30.8 Å². The number of imidazole rings is 1. The van der Waals surface area contributed by atoms with Crippen molar-refractivity contribution in [3.63, 3.8) is 0 Å². The Kier molecular flexibility index (Phi) is 5.80. The second-order valence-electron chi connectivity index (χ2n) is 5.79. The van der Waals surface area contributed by atoms with E-state index < -0.39 is 0 Å². The molecule has 1 aromatic carbocycles. The predicted molar refractivity (Wildman–Crippen MR) is 105 cm³/mol. The molecule has 0 aliphatic heterocycles. The Hall–Kier alpha value is -2.81. The van der Waals surface area contributed by atoms with Crippen molar-refractivity contribution in [2.45, 2.75) is 30.7 Å². The zero-order chi connectivity index (χ0) is 19.4. The Bertz CT molecular complexity index is 1010. The van der Waals surface area contributed by atoms with E-state index in [2.05, 4.69) is 20.3 Å². The molecule has 2 N–H and O–H groups in total. The second-order valence-corrected chi connectivity index (χ2v) is 6.96. The van der Waals surface area contributed by atoms with Crippen LogP contribution in [0.4, 0.5) is 5.69 Å². The third-order valence-corrected chi connectivity index (χ3v) is 5.38. The van der Waals surface area contributed by atoms with Gasteiger partial charge in [-0.15, -0.1) is 0 Å². The molecule has 3 rings (SSSR count). The van der Waals surface area contributed by atoms with Gasteiger partial charge in [0.25, 0.3) is 5.56 Å². The average molecular weight is 387 g/mol. The molecule has 0 unspecified atom stereocenters. The number of thioether (sulfide) groups is 1. The number of para-hydroxylation sites is 2. The minimum absolute atomic E-state index is 0.149. The first-order valence-electron chi connectivity index (χ1n) is 8.64. The van der Waals surface area contributed by atoms with Crippen molar-refractivity contribution in [2.24, 2.45) is 7.05 Å². The molecule has 0 radical (unpaired) electrons. The molecule has 1 atom stereocenters. The number of aryl methyl sites for hydroxylation is 1. The number of nitrogens with zero attached hydrogens (tertiary/aromatic N) is 3. The van der Waals surface area contributed by atoms with E-state index >= 15 is 0 Å². The van der Waals surface area contributed by atoms with Crippen molar-refractivity contribution in [1.29, 1.82) is 0 Å². The summed E-state index contributed by atoms with van der Waals surface area (Å²) in [6, 6.07) is 7.32. The first kappa shape index (κ1) is 19.0. The van der Waals surface area contributed by atoms with Gasteiger partial charge in [0, 0.05) is 7.05 Å². The zero-order valence-corrected chi connectivity index (χ0v) is 16.2. The number of benzene rings is 1. The van der Waals surface area contributed by atoms with E-state index in [1.54, 1.807) is 17.7 Å². The lowest BCUT2D eigenvalue weighted by Gasteiger charge is -2.16. The van der Waals surface area contributed by atoms with Crippen molar-refractivity contribution in [1.82, 2.24) is 19.5 Å². The van der Waals surface area contributed by atoms with Gasteiger partial charge in [0.15, 0.2) is 16.3 Å². The molecule has 0 spiro atoms. The minimum atomic E-state index is -0.380. The first-order chi connectivity index (χ1) is 13.0. The minimum Gasteiger partial charge on any atom is -0.492 e. The van der Waals surface area contributed by atoms with Gasteiger partial charge in [-0.25, -0.2) is 9.97 Å². The van der Waals surface area contributed by atoms with Gasteiger partial charge in [0.2, 0.25) is 5.91 Å². The summed E-state index contributed by atoms with van der Waals surface area (Å²) in [5, 5.41) is 3.11. The van der Waals surface area contributed by atoms with Crippen LogP contribution >= 0.6 is 11.8 Å². The van der Waals surface area contributed by atoms with E-state index in [1.807, 2.05) is 32.0 Å². The van der Waals surface area contributed by atoms with Crippen molar-refractivity contribution in [3.05, 3.63) is 40.9 Å². The van der Waals surface area contributed by atoms with Crippen LogP contribution in [-0.4, -0.2) is 37.3 Å². The van der Waals surface area contributed by atoms with E-state index in [9.17, 15) is 9.59 Å². The van der Waals surface area contributed by atoms with Gasteiger partial charge >= 0.3 is 0 Å². The molecule has 3 aromatic rings. The molecule has 0 aliphatic rings. The topological polar surface area (TPSA) is 102 Å². The number of fused-ring (bicyclic) bond motifs is 1. The fourth-order valence-corrected chi connectivity index (χ4v) is 3.59. The van der Waals surface area contributed by atoms with Crippen molar-refractivity contribution in [3.8, 4) is 5.75 Å². The van der Waals surface area contributed by atoms with Gasteiger partial charge in [-0.3, -0.25) is 9.59 Å². The Labute approximate surface area is 160 Å². The fourth-order valence-electron chi connectivity index (χ4n) is 2.61. The quantitative estimate of drug-likeness (QED) is 0.604. The predicted octanol–water partition coefficient (Wildman–Crippen LogP) is 2.56. The highest BCUT2D eigenvalue weighted by Gasteiger charge is 2.23. The molecule has 1 amide bonds. The number of carbonyl (C=O) groups excluding carboxylic acids is 1. The van der Waals surface area contributed by atoms with Crippen LogP contribution in [0.1, 0.15) is 20.3 Å². The molecule has 0 fully saturated rings. The molecule has 2 aromatic heterocycles. The third-order valence-electron chi connectivity index (χ3n) is 3.98. The Morgan fingerprint density at radius 2 is 2.15 bits per heavy atom. The number of hydrogen-bond donors (Lipinski definition) is 2. The van der Waals surface area contributed by atoms with Crippen LogP contribution in [0.2, 0.25) is 0 Å². The third kappa shape index (κ3) is 3.97. The summed E-state index contributed by atoms with van der Waals surface area (Å²) in [5.74, 6) is 0.482. The van der Waals surface area contributed by atoms with E-state index in [0.29, 0.717) is 35.3 Å². The number of carbonyl (C=O) groups is 1. The number of hydrogen-bond acceptors (Lipinski definition) is 6. The molecular formula is C18H21N5O3S. The number of anilines is 1. The van der Waals surface area contributed by atoms with Crippen LogP contribution in [0, 0.1) is 0 Å². The molecule has 0 aliphatic carbocycles. The average Bonchev–Trinajstić information content (AvgIpc) is 2.99. The first-order valence-corrected chi connectivity index (χ1v) is 9.52. The van der Waals surface area contributed by atoms with Crippen LogP contribution in [-0.2, 0) is 11.8 Å². The molecule has 0 saturated heterocycles. The highest BCUT2D eigenvalue weighted by atomic mass is 32.2.